The number of ether oxygens (including phenoxy) is 1. The van der Waals surface area contributed by atoms with Crippen LogP contribution < -0.4 is 10.1 Å². The van der Waals surface area contributed by atoms with Crippen LogP contribution in [0.3, 0.4) is 0 Å². The molecule has 0 aliphatic carbocycles. The fourth-order valence-electron chi connectivity index (χ4n) is 1.51. The van der Waals surface area contributed by atoms with E-state index in [-0.39, 0.29) is 10.7 Å². The molecule has 17 heavy (non-hydrogen) atoms. The van der Waals surface area contributed by atoms with Gasteiger partial charge in [0.05, 0.1) is 6.20 Å². The Labute approximate surface area is 104 Å². The van der Waals surface area contributed by atoms with Crippen LogP contribution in [0.1, 0.15) is 12.1 Å². The summed E-state index contributed by atoms with van der Waals surface area (Å²) in [5, 5.41) is 3.00. The first-order valence-corrected chi connectivity index (χ1v) is 5.73. The van der Waals surface area contributed by atoms with Gasteiger partial charge in [-0.2, -0.15) is 13.2 Å². The zero-order chi connectivity index (χ0) is 12.5. The molecule has 0 aromatic carbocycles. The van der Waals surface area contributed by atoms with E-state index in [4.69, 9.17) is 4.74 Å². The highest BCUT2D eigenvalue weighted by Gasteiger charge is 2.38. The maximum absolute atomic E-state index is 12.7. The van der Waals surface area contributed by atoms with Gasteiger partial charge in [-0.05, 0) is 28.9 Å². The van der Waals surface area contributed by atoms with E-state index in [0.717, 1.165) is 6.54 Å². The van der Waals surface area contributed by atoms with Crippen LogP contribution in [0.5, 0.6) is 5.88 Å². The van der Waals surface area contributed by atoms with Crippen LogP contribution in [0.15, 0.2) is 10.8 Å². The predicted molar refractivity (Wildman–Crippen MR) is 56.6 cm³/mol. The van der Waals surface area contributed by atoms with Crippen molar-refractivity contribution < 1.29 is 17.9 Å². The van der Waals surface area contributed by atoms with Crippen LogP contribution in [0.25, 0.3) is 0 Å². The van der Waals surface area contributed by atoms with Gasteiger partial charge in [-0.15, -0.1) is 0 Å². The van der Waals surface area contributed by atoms with Crippen LogP contribution >= 0.6 is 15.9 Å². The quantitative estimate of drug-likeness (QED) is 0.907. The average Bonchev–Trinajstić information content (AvgIpc) is 2.72. The van der Waals surface area contributed by atoms with Gasteiger partial charge < -0.3 is 10.1 Å². The van der Waals surface area contributed by atoms with Gasteiger partial charge in [-0.1, -0.05) is 0 Å². The molecular formula is C9H9BrF3N3O. The van der Waals surface area contributed by atoms with E-state index >= 15 is 0 Å². The Morgan fingerprint density at radius 3 is 2.82 bits per heavy atom. The van der Waals surface area contributed by atoms with Crippen LogP contribution in [0, 0.1) is 0 Å². The second-order valence-corrected chi connectivity index (χ2v) is 4.39. The van der Waals surface area contributed by atoms with E-state index in [1.807, 2.05) is 0 Å². The van der Waals surface area contributed by atoms with E-state index in [9.17, 15) is 13.2 Å². The van der Waals surface area contributed by atoms with Crippen molar-refractivity contribution in [1.29, 1.82) is 0 Å². The summed E-state index contributed by atoms with van der Waals surface area (Å²) >= 11 is 2.86. The SMILES string of the molecule is FC(F)(F)c1nc(Br)cnc1OC1CCNC1. The molecule has 0 radical (unpaired) electrons. The number of hydrogen-bond acceptors (Lipinski definition) is 4. The molecule has 94 valence electrons. The molecule has 1 aromatic rings. The van der Waals surface area contributed by atoms with Crippen LogP contribution in [-0.2, 0) is 6.18 Å². The summed E-state index contributed by atoms with van der Waals surface area (Å²) in [5.74, 6) is -0.464. The van der Waals surface area contributed by atoms with Gasteiger partial charge in [0, 0.05) is 6.54 Å². The molecule has 1 aliphatic rings. The van der Waals surface area contributed by atoms with Crippen molar-refractivity contribution >= 4 is 15.9 Å². The second kappa shape index (κ2) is 4.77. The lowest BCUT2D eigenvalue weighted by Crippen LogP contribution is -2.22. The van der Waals surface area contributed by atoms with Crippen molar-refractivity contribution in [3.63, 3.8) is 0 Å². The summed E-state index contributed by atoms with van der Waals surface area (Å²) in [6.07, 6.45) is -3.01. The maximum Gasteiger partial charge on any atom is 0.438 e. The van der Waals surface area contributed by atoms with Gasteiger partial charge >= 0.3 is 6.18 Å². The molecule has 2 heterocycles. The molecule has 1 N–H and O–H groups in total. The molecule has 0 amide bonds. The minimum Gasteiger partial charge on any atom is -0.471 e. The summed E-state index contributed by atoms with van der Waals surface area (Å²) in [7, 11) is 0. The van der Waals surface area contributed by atoms with Crippen LogP contribution in [0.4, 0.5) is 13.2 Å². The van der Waals surface area contributed by atoms with Crippen molar-refractivity contribution in [3.8, 4) is 5.88 Å². The normalized spacial score (nSPS) is 20.6. The Morgan fingerprint density at radius 2 is 2.24 bits per heavy atom. The standard InChI is InChI=1S/C9H9BrF3N3O/c10-6-4-15-8(7(16-6)9(11,12)13)17-5-1-2-14-3-5/h4-5,14H,1-3H2. The number of aromatic nitrogens is 2. The van der Waals surface area contributed by atoms with Crippen LogP contribution in [-0.4, -0.2) is 29.2 Å². The highest BCUT2D eigenvalue weighted by Crippen LogP contribution is 2.34. The van der Waals surface area contributed by atoms with E-state index in [1.165, 1.54) is 6.20 Å². The first kappa shape index (κ1) is 12.6. The Kier molecular flexibility index (Phi) is 3.53. The molecule has 1 aromatic heterocycles. The van der Waals surface area contributed by atoms with Crippen molar-refractivity contribution in [2.24, 2.45) is 0 Å². The average molecular weight is 312 g/mol. The Balaban J connectivity index is 2.25. The zero-order valence-corrected chi connectivity index (χ0v) is 10.2. The molecule has 8 heteroatoms. The Morgan fingerprint density at radius 1 is 1.47 bits per heavy atom. The highest BCUT2D eigenvalue weighted by atomic mass is 79.9. The number of halogens is 4. The smallest absolute Gasteiger partial charge is 0.438 e. The summed E-state index contributed by atoms with van der Waals surface area (Å²) in [4.78, 5) is 7.00. The second-order valence-electron chi connectivity index (χ2n) is 3.58. The number of nitrogens with zero attached hydrogens (tertiary/aromatic N) is 2. The van der Waals surface area contributed by atoms with Gasteiger partial charge in [-0.3, -0.25) is 0 Å². The largest absolute Gasteiger partial charge is 0.471 e. The third kappa shape index (κ3) is 3.06. The molecule has 0 spiro atoms. The lowest BCUT2D eigenvalue weighted by Gasteiger charge is -2.15. The van der Waals surface area contributed by atoms with Gasteiger partial charge in [0.2, 0.25) is 11.6 Å². The van der Waals surface area contributed by atoms with Crippen molar-refractivity contribution in [2.45, 2.75) is 18.7 Å². The van der Waals surface area contributed by atoms with Gasteiger partial charge in [0.15, 0.2) is 0 Å². The molecule has 0 bridgehead atoms. The fraction of sp³-hybridized carbons (Fsp3) is 0.556. The summed E-state index contributed by atoms with van der Waals surface area (Å²) in [6.45, 7) is 1.25. The lowest BCUT2D eigenvalue weighted by molar-refractivity contribution is -0.143. The molecule has 4 nitrogen and oxygen atoms in total. The Bertz CT molecular complexity index is 407. The maximum atomic E-state index is 12.7. The third-order valence-corrected chi connectivity index (χ3v) is 2.65. The highest BCUT2D eigenvalue weighted by molar-refractivity contribution is 9.10. The molecule has 1 fully saturated rings. The fourth-order valence-corrected chi connectivity index (χ4v) is 1.79. The number of rotatable bonds is 2. The van der Waals surface area contributed by atoms with Crippen molar-refractivity contribution in [3.05, 3.63) is 16.5 Å². The molecule has 1 unspecified atom stereocenters. The zero-order valence-electron chi connectivity index (χ0n) is 8.59. The topological polar surface area (TPSA) is 47.0 Å². The Hall–Kier alpha value is -0.890. The van der Waals surface area contributed by atoms with Gasteiger partial charge in [0.1, 0.15) is 10.7 Å². The number of alkyl halides is 3. The first-order valence-electron chi connectivity index (χ1n) is 4.94. The summed E-state index contributed by atoms with van der Waals surface area (Å²) in [5.41, 5.74) is -1.10. The van der Waals surface area contributed by atoms with E-state index in [2.05, 4.69) is 31.2 Å². The number of hydrogen-bond donors (Lipinski definition) is 1. The molecule has 1 saturated heterocycles. The molecule has 2 rings (SSSR count). The minimum absolute atomic E-state index is 0.0294. The minimum atomic E-state index is -4.57. The van der Waals surface area contributed by atoms with E-state index in [0.29, 0.717) is 13.0 Å². The molecule has 1 aliphatic heterocycles. The van der Waals surface area contributed by atoms with Gasteiger partial charge in [-0.25, -0.2) is 9.97 Å². The number of nitrogens with one attached hydrogen (secondary N) is 1. The summed E-state index contributed by atoms with van der Waals surface area (Å²) in [6, 6.07) is 0. The predicted octanol–water partition coefficient (Wildman–Crippen LogP) is 2.00. The molecule has 0 saturated carbocycles. The van der Waals surface area contributed by atoms with Gasteiger partial charge in [0.25, 0.3) is 0 Å². The molecular weight excluding hydrogens is 303 g/mol. The third-order valence-electron chi connectivity index (χ3n) is 2.27. The lowest BCUT2D eigenvalue weighted by atomic mass is 10.3. The van der Waals surface area contributed by atoms with E-state index in [1.54, 1.807) is 0 Å². The van der Waals surface area contributed by atoms with Crippen LogP contribution in [0.2, 0.25) is 0 Å². The van der Waals surface area contributed by atoms with Crippen molar-refractivity contribution in [1.82, 2.24) is 15.3 Å². The molecule has 1 atom stereocenters. The summed E-state index contributed by atoms with van der Waals surface area (Å²) < 4.78 is 43.3. The first-order chi connectivity index (χ1) is 7.97. The van der Waals surface area contributed by atoms with E-state index < -0.39 is 17.8 Å². The monoisotopic (exact) mass is 311 g/mol. The van der Waals surface area contributed by atoms with Crippen molar-refractivity contribution in [2.75, 3.05) is 13.1 Å².